The van der Waals surface area contributed by atoms with Gasteiger partial charge in [0.05, 0.1) is 0 Å². The summed E-state index contributed by atoms with van der Waals surface area (Å²) >= 11 is 0. The van der Waals surface area contributed by atoms with Gasteiger partial charge in [0.15, 0.2) is 0 Å². The maximum absolute atomic E-state index is 2.75. The lowest BCUT2D eigenvalue weighted by molar-refractivity contribution is 0.0852. The van der Waals surface area contributed by atoms with E-state index in [4.69, 9.17) is 0 Å². The Labute approximate surface area is 136 Å². The lowest BCUT2D eigenvalue weighted by Crippen LogP contribution is -2.50. The van der Waals surface area contributed by atoms with E-state index in [1.807, 2.05) is 0 Å². The molecule has 0 radical (unpaired) electrons. The van der Waals surface area contributed by atoms with Crippen LogP contribution in [-0.4, -0.2) is 42.5 Å². The van der Waals surface area contributed by atoms with Crippen molar-refractivity contribution in [2.24, 2.45) is 0 Å². The third-order valence-electron chi connectivity index (χ3n) is 5.71. The summed E-state index contributed by atoms with van der Waals surface area (Å²) in [7, 11) is 2.25. The Hall–Kier alpha value is -0.860. The first-order chi connectivity index (χ1) is 10.4. The van der Waals surface area contributed by atoms with E-state index >= 15 is 0 Å². The van der Waals surface area contributed by atoms with Crippen molar-refractivity contribution in [1.82, 2.24) is 9.80 Å². The van der Waals surface area contributed by atoms with E-state index in [9.17, 15) is 0 Å². The molecule has 3 rings (SSSR count). The molecule has 122 valence electrons. The Balaban J connectivity index is 1.84. The van der Waals surface area contributed by atoms with Crippen molar-refractivity contribution in [2.75, 3.05) is 26.7 Å². The number of rotatable bonds is 2. The van der Waals surface area contributed by atoms with E-state index in [1.54, 1.807) is 11.1 Å². The third kappa shape index (κ3) is 3.09. The molecule has 0 aromatic heterocycles. The van der Waals surface area contributed by atoms with Crippen molar-refractivity contribution in [3.05, 3.63) is 34.9 Å². The van der Waals surface area contributed by atoms with Crippen LogP contribution in [0.1, 0.15) is 63.1 Å². The summed E-state index contributed by atoms with van der Waals surface area (Å²) in [6.45, 7) is 14.3. The Morgan fingerprint density at radius 1 is 1.14 bits per heavy atom. The van der Waals surface area contributed by atoms with Crippen molar-refractivity contribution in [2.45, 2.75) is 64.5 Å². The van der Waals surface area contributed by atoms with Gasteiger partial charge in [-0.15, -0.1) is 0 Å². The highest BCUT2D eigenvalue weighted by Gasteiger charge is 2.35. The van der Waals surface area contributed by atoms with Gasteiger partial charge in [0.1, 0.15) is 0 Å². The molecule has 0 spiro atoms. The quantitative estimate of drug-likeness (QED) is 0.814. The summed E-state index contributed by atoms with van der Waals surface area (Å²) in [4.78, 5) is 5.22. The van der Waals surface area contributed by atoms with E-state index in [2.05, 4.69) is 62.7 Å². The number of benzene rings is 1. The molecule has 2 aliphatic heterocycles. The molecule has 0 amide bonds. The van der Waals surface area contributed by atoms with Crippen LogP contribution >= 0.6 is 0 Å². The lowest BCUT2D eigenvalue weighted by Gasteiger charge is -2.46. The highest BCUT2D eigenvalue weighted by molar-refractivity contribution is 5.40. The molecule has 2 aliphatic rings. The third-order valence-corrected chi connectivity index (χ3v) is 5.71. The maximum Gasteiger partial charge on any atom is 0.0240 e. The van der Waals surface area contributed by atoms with Gasteiger partial charge in [-0.25, -0.2) is 0 Å². The van der Waals surface area contributed by atoms with E-state index in [-0.39, 0.29) is 5.41 Å². The molecule has 1 saturated heterocycles. The minimum absolute atomic E-state index is 0.266. The summed E-state index contributed by atoms with van der Waals surface area (Å²) in [6.07, 6.45) is 2.65. The van der Waals surface area contributed by atoms with Gasteiger partial charge in [-0.2, -0.15) is 0 Å². The number of nitrogens with zero attached hydrogens (tertiary/aromatic N) is 2. The molecular weight excluding hydrogens is 268 g/mol. The number of piperidine rings is 1. The molecule has 1 aromatic carbocycles. The molecule has 1 fully saturated rings. The van der Waals surface area contributed by atoms with Crippen molar-refractivity contribution >= 4 is 0 Å². The van der Waals surface area contributed by atoms with Crippen LogP contribution in [0.5, 0.6) is 0 Å². The molecule has 0 atom stereocenters. The highest BCUT2D eigenvalue weighted by Crippen LogP contribution is 2.37. The van der Waals surface area contributed by atoms with E-state index in [0.717, 1.165) is 12.6 Å². The molecule has 2 heteroatoms. The van der Waals surface area contributed by atoms with Crippen molar-refractivity contribution in [1.29, 1.82) is 0 Å². The van der Waals surface area contributed by atoms with E-state index < -0.39 is 0 Å². The topological polar surface area (TPSA) is 6.48 Å². The second-order valence-electron chi connectivity index (χ2n) is 8.39. The molecule has 1 aromatic rings. The predicted molar refractivity (Wildman–Crippen MR) is 94.5 cm³/mol. The molecule has 22 heavy (non-hydrogen) atoms. The van der Waals surface area contributed by atoms with Gasteiger partial charge in [-0.3, -0.25) is 4.90 Å². The molecule has 0 bridgehead atoms. The predicted octanol–water partition coefficient (Wildman–Crippen LogP) is 4.00. The minimum Gasteiger partial charge on any atom is -0.306 e. The van der Waals surface area contributed by atoms with Gasteiger partial charge in [0.25, 0.3) is 0 Å². The zero-order chi connectivity index (χ0) is 15.9. The number of hydrogen-bond donors (Lipinski definition) is 0. The fraction of sp³-hybridized carbons (Fsp3) is 0.700. The summed E-state index contributed by atoms with van der Waals surface area (Å²) < 4.78 is 0. The Morgan fingerprint density at radius 3 is 2.45 bits per heavy atom. The van der Waals surface area contributed by atoms with Crippen LogP contribution in [0.4, 0.5) is 0 Å². The number of fused-ring (bicyclic) bond motifs is 1. The van der Waals surface area contributed by atoms with E-state index in [1.165, 1.54) is 38.0 Å². The molecule has 0 saturated carbocycles. The SMILES string of the molecule is CC(C)c1ccc2c(c1)C(C)(C)CN(C1CCN(C)CC1)C2. The largest absolute Gasteiger partial charge is 0.306 e. The fourth-order valence-corrected chi connectivity index (χ4v) is 4.21. The summed E-state index contributed by atoms with van der Waals surface area (Å²) in [5, 5.41) is 0. The second kappa shape index (κ2) is 5.98. The zero-order valence-corrected chi connectivity index (χ0v) is 15.0. The first kappa shape index (κ1) is 16.0. The fourth-order valence-electron chi connectivity index (χ4n) is 4.21. The normalized spacial score (nSPS) is 23.7. The zero-order valence-electron chi connectivity index (χ0n) is 15.0. The number of likely N-dealkylation sites (tertiary alicyclic amines) is 1. The first-order valence-electron chi connectivity index (χ1n) is 8.93. The van der Waals surface area contributed by atoms with Gasteiger partial charge in [-0.1, -0.05) is 45.9 Å². The molecule has 0 aliphatic carbocycles. The van der Waals surface area contributed by atoms with Crippen LogP contribution in [0.3, 0.4) is 0 Å². The molecular formula is C20H32N2. The van der Waals surface area contributed by atoms with Crippen molar-refractivity contribution in [3.63, 3.8) is 0 Å². The molecule has 2 heterocycles. The Bertz CT molecular complexity index is 525. The second-order valence-corrected chi connectivity index (χ2v) is 8.39. The monoisotopic (exact) mass is 300 g/mol. The Morgan fingerprint density at radius 2 is 1.82 bits per heavy atom. The smallest absolute Gasteiger partial charge is 0.0240 e. The highest BCUT2D eigenvalue weighted by atomic mass is 15.2. The average Bonchev–Trinajstić information content (AvgIpc) is 2.46. The first-order valence-corrected chi connectivity index (χ1v) is 8.93. The van der Waals surface area contributed by atoms with E-state index in [0.29, 0.717) is 5.92 Å². The molecule has 0 N–H and O–H groups in total. The summed E-state index contributed by atoms with van der Waals surface area (Å²) in [6, 6.07) is 7.99. The number of hydrogen-bond acceptors (Lipinski definition) is 2. The van der Waals surface area contributed by atoms with Gasteiger partial charge >= 0.3 is 0 Å². The lowest BCUT2D eigenvalue weighted by atomic mass is 9.76. The summed E-state index contributed by atoms with van der Waals surface area (Å²) in [5.74, 6) is 0.619. The van der Waals surface area contributed by atoms with Crippen molar-refractivity contribution in [3.8, 4) is 0 Å². The Kier molecular flexibility index (Phi) is 4.35. The summed E-state index contributed by atoms with van der Waals surface area (Å²) in [5.41, 5.74) is 4.89. The van der Waals surface area contributed by atoms with Gasteiger partial charge in [0.2, 0.25) is 0 Å². The van der Waals surface area contributed by atoms with Gasteiger partial charge in [0, 0.05) is 24.5 Å². The van der Waals surface area contributed by atoms with Crippen molar-refractivity contribution < 1.29 is 0 Å². The minimum atomic E-state index is 0.266. The van der Waals surface area contributed by atoms with Crippen LogP contribution in [0.2, 0.25) is 0 Å². The molecule has 0 unspecified atom stereocenters. The average molecular weight is 300 g/mol. The van der Waals surface area contributed by atoms with Crippen LogP contribution in [-0.2, 0) is 12.0 Å². The van der Waals surface area contributed by atoms with Crippen LogP contribution in [0.15, 0.2) is 18.2 Å². The molecule has 2 nitrogen and oxygen atoms in total. The maximum atomic E-state index is 2.75. The standard InChI is InChI=1S/C20H32N2/c1-15(2)16-6-7-17-13-22(14-20(3,4)19(17)12-16)18-8-10-21(5)11-9-18/h6-7,12,15,18H,8-11,13-14H2,1-5H3. The van der Waals surface area contributed by atoms with Crippen LogP contribution in [0, 0.1) is 0 Å². The van der Waals surface area contributed by atoms with Crippen LogP contribution < -0.4 is 0 Å². The van der Waals surface area contributed by atoms with Gasteiger partial charge in [-0.05, 0) is 55.6 Å². The van der Waals surface area contributed by atoms with Gasteiger partial charge < -0.3 is 4.90 Å². The van der Waals surface area contributed by atoms with Crippen LogP contribution in [0.25, 0.3) is 0 Å².